The Balaban J connectivity index is 2.67. The molecule has 18 heavy (non-hydrogen) atoms. The summed E-state index contributed by atoms with van der Waals surface area (Å²) in [7, 11) is 0. The summed E-state index contributed by atoms with van der Waals surface area (Å²) in [5.74, 6) is 0.0809. The van der Waals surface area contributed by atoms with Crippen molar-refractivity contribution in [2.45, 2.75) is 32.6 Å². The van der Waals surface area contributed by atoms with Gasteiger partial charge in [-0.1, -0.05) is 41.9 Å². The number of carbonyl (C=O) groups excluding carboxylic acids is 2. The first kappa shape index (κ1) is 14.9. The molecule has 0 aromatic heterocycles. The van der Waals surface area contributed by atoms with Crippen LogP contribution in [0.3, 0.4) is 0 Å². The minimum Gasteiger partial charge on any atom is -0.326 e. The molecule has 1 atom stereocenters. The number of Topliss-reactive ketones (excluding diaryl/α,β-unsaturated/α-hetero) is 1. The molecule has 0 aliphatic carbocycles. The smallest absolute Gasteiger partial charge is 0.231 e. The summed E-state index contributed by atoms with van der Waals surface area (Å²) < 4.78 is 0. The van der Waals surface area contributed by atoms with Crippen LogP contribution in [-0.4, -0.2) is 17.0 Å². The van der Waals surface area contributed by atoms with Crippen LogP contribution in [0.15, 0.2) is 24.3 Å². The zero-order valence-corrected chi connectivity index (χ0v) is 12.3. The maximum absolute atomic E-state index is 11.6. The maximum Gasteiger partial charge on any atom is 0.231 e. The van der Waals surface area contributed by atoms with E-state index in [0.29, 0.717) is 5.92 Å². The molecule has 1 N–H and O–H groups in total. The van der Waals surface area contributed by atoms with Crippen molar-refractivity contribution in [3.05, 3.63) is 29.8 Å². The largest absolute Gasteiger partial charge is 0.326 e. The number of halogens is 1. The van der Waals surface area contributed by atoms with Gasteiger partial charge in [-0.15, -0.1) is 0 Å². The minimum atomic E-state index is -0.263. The summed E-state index contributed by atoms with van der Waals surface area (Å²) in [4.78, 5) is 22.7. The average molecular weight is 312 g/mol. The summed E-state index contributed by atoms with van der Waals surface area (Å²) in [6.07, 6.45) is 0.971. The Morgan fingerprint density at radius 2 is 2.11 bits per heavy atom. The van der Waals surface area contributed by atoms with Crippen molar-refractivity contribution in [1.82, 2.24) is 0 Å². The molecule has 98 valence electrons. The third-order valence-corrected chi connectivity index (χ3v) is 3.48. The maximum atomic E-state index is 11.6. The highest BCUT2D eigenvalue weighted by Crippen LogP contribution is 2.21. The molecule has 1 aromatic rings. The molecule has 1 rings (SSSR count). The zero-order chi connectivity index (χ0) is 13.5. The molecule has 0 aliphatic heterocycles. The summed E-state index contributed by atoms with van der Waals surface area (Å²) in [6.45, 7) is 4.28. The third-order valence-electron chi connectivity index (χ3n) is 2.86. The normalized spacial score (nSPS) is 11.9. The van der Waals surface area contributed by atoms with Crippen LogP contribution in [0.4, 0.5) is 5.69 Å². The van der Waals surface area contributed by atoms with Crippen LogP contribution in [0.25, 0.3) is 0 Å². The predicted octanol–water partition coefficient (Wildman–Crippen LogP) is 3.49. The van der Waals surface area contributed by atoms with Gasteiger partial charge in [0.15, 0.2) is 5.78 Å². The van der Waals surface area contributed by atoms with Gasteiger partial charge in [0.2, 0.25) is 5.91 Å². The van der Waals surface area contributed by atoms with Crippen molar-refractivity contribution in [2.75, 3.05) is 10.6 Å². The lowest BCUT2D eigenvalue weighted by molar-refractivity contribution is -0.123. The van der Waals surface area contributed by atoms with Crippen molar-refractivity contribution in [2.24, 2.45) is 0 Å². The van der Waals surface area contributed by atoms with E-state index in [1.807, 2.05) is 24.3 Å². The van der Waals surface area contributed by atoms with Gasteiger partial charge in [-0.05, 0) is 30.0 Å². The van der Waals surface area contributed by atoms with Gasteiger partial charge in [-0.25, -0.2) is 0 Å². The highest BCUT2D eigenvalue weighted by atomic mass is 79.9. The van der Waals surface area contributed by atoms with Gasteiger partial charge in [0, 0.05) is 5.69 Å². The molecule has 4 heteroatoms. The molecule has 1 amide bonds. The Bertz CT molecular complexity index is 432. The lowest BCUT2D eigenvalue weighted by Gasteiger charge is -2.11. The minimum absolute atomic E-state index is 0.0845. The van der Waals surface area contributed by atoms with Crippen LogP contribution in [0.1, 0.15) is 38.2 Å². The van der Waals surface area contributed by atoms with E-state index < -0.39 is 0 Å². The van der Waals surface area contributed by atoms with E-state index in [-0.39, 0.29) is 23.4 Å². The predicted molar refractivity (Wildman–Crippen MR) is 77.2 cm³/mol. The zero-order valence-electron chi connectivity index (χ0n) is 10.7. The summed E-state index contributed by atoms with van der Waals surface area (Å²) >= 11 is 3.04. The van der Waals surface area contributed by atoms with Crippen LogP contribution < -0.4 is 5.32 Å². The molecule has 0 heterocycles. The number of nitrogens with one attached hydrogen (secondary N) is 1. The molecule has 0 aliphatic rings. The summed E-state index contributed by atoms with van der Waals surface area (Å²) in [6, 6.07) is 7.77. The second-order valence-electron chi connectivity index (χ2n) is 4.33. The summed E-state index contributed by atoms with van der Waals surface area (Å²) in [5, 5.41) is 2.96. The first-order valence-electron chi connectivity index (χ1n) is 6.04. The Morgan fingerprint density at radius 3 is 2.72 bits per heavy atom. The van der Waals surface area contributed by atoms with Gasteiger partial charge in [0.1, 0.15) is 0 Å². The molecular formula is C14H18BrNO2. The van der Waals surface area contributed by atoms with Crippen molar-refractivity contribution >= 4 is 33.3 Å². The topological polar surface area (TPSA) is 46.2 Å². The SMILES string of the molecule is CCC(C)c1cccc(NC(=O)CC(=O)CBr)c1. The van der Waals surface area contributed by atoms with Crippen molar-refractivity contribution in [3.8, 4) is 0 Å². The molecule has 1 aromatic carbocycles. The number of hydrogen-bond acceptors (Lipinski definition) is 2. The van der Waals surface area contributed by atoms with Crippen LogP contribution in [-0.2, 0) is 9.59 Å². The van der Waals surface area contributed by atoms with E-state index >= 15 is 0 Å². The number of amides is 1. The van der Waals surface area contributed by atoms with E-state index in [1.165, 1.54) is 5.56 Å². The van der Waals surface area contributed by atoms with Gasteiger partial charge in [-0.3, -0.25) is 9.59 Å². The highest BCUT2D eigenvalue weighted by molar-refractivity contribution is 9.09. The van der Waals surface area contributed by atoms with Crippen LogP contribution in [0, 0.1) is 0 Å². The Labute approximate surface area is 116 Å². The van der Waals surface area contributed by atoms with Gasteiger partial charge in [-0.2, -0.15) is 0 Å². The fourth-order valence-corrected chi connectivity index (χ4v) is 1.79. The Morgan fingerprint density at radius 1 is 1.39 bits per heavy atom. The fourth-order valence-electron chi connectivity index (χ4n) is 1.59. The molecule has 0 saturated heterocycles. The second kappa shape index (κ2) is 7.31. The quantitative estimate of drug-likeness (QED) is 0.645. The Hall–Kier alpha value is -1.16. The lowest BCUT2D eigenvalue weighted by atomic mass is 9.98. The molecule has 0 spiro atoms. The highest BCUT2D eigenvalue weighted by Gasteiger charge is 2.09. The van der Waals surface area contributed by atoms with Gasteiger partial charge >= 0.3 is 0 Å². The molecule has 0 saturated carbocycles. The monoisotopic (exact) mass is 311 g/mol. The van der Waals surface area contributed by atoms with E-state index in [9.17, 15) is 9.59 Å². The molecule has 3 nitrogen and oxygen atoms in total. The van der Waals surface area contributed by atoms with Gasteiger partial charge < -0.3 is 5.32 Å². The number of hydrogen-bond donors (Lipinski definition) is 1. The number of rotatable bonds is 6. The van der Waals surface area contributed by atoms with Gasteiger partial charge in [0.25, 0.3) is 0 Å². The molecule has 0 radical (unpaired) electrons. The van der Waals surface area contributed by atoms with Crippen LogP contribution in [0.5, 0.6) is 0 Å². The average Bonchev–Trinajstić information content (AvgIpc) is 2.37. The van der Waals surface area contributed by atoms with E-state index in [1.54, 1.807) is 0 Å². The molecule has 1 unspecified atom stereocenters. The van der Waals surface area contributed by atoms with Gasteiger partial charge in [0.05, 0.1) is 11.8 Å². The molecule has 0 fully saturated rings. The van der Waals surface area contributed by atoms with Crippen molar-refractivity contribution in [3.63, 3.8) is 0 Å². The first-order chi connectivity index (χ1) is 8.56. The number of benzene rings is 1. The van der Waals surface area contributed by atoms with Crippen LogP contribution in [0.2, 0.25) is 0 Å². The fraction of sp³-hybridized carbons (Fsp3) is 0.429. The lowest BCUT2D eigenvalue weighted by Crippen LogP contribution is -2.17. The number of carbonyl (C=O) groups is 2. The first-order valence-corrected chi connectivity index (χ1v) is 7.16. The third kappa shape index (κ3) is 4.61. The van der Waals surface area contributed by atoms with Crippen molar-refractivity contribution in [1.29, 1.82) is 0 Å². The number of alkyl halides is 1. The molecular weight excluding hydrogens is 294 g/mol. The second-order valence-corrected chi connectivity index (χ2v) is 4.89. The number of ketones is 1. The van der Waals surface area contributed by atoms with E-state index in [2.05, 4.69) is 35.1 Å². The van der Waals surface area contributed by atoms with E-state index in [4.69, 9.17) is 0 Å². The summed E-state index contributed by atoms with van der Waals surface area (Å²) in [5.41, 5.74) is 1.95. The van der Waals surface area contributed by atoms with Crippen LogP contribution >= 0.6 is 15.9 Å². The van der Waals surface area contributed by atoms with Crippen molar-refractivity contribution < 1.29 is 9.59 Å². The Kier molecular flexibility index (Phi) is 6.05. The standard InChI is InChI=1S/C14H18BrNO2/c1-3-10(2)11-5-4-6-12(7-11)16-14(18)8-13(17)9-15/h4-7,10H,3,8-9H2,1-2H3,(H,16,18). The number of anilines is 1. The molecule has 0 bridgehead atoms. The van der Waals surface area contributed by atoms with E-state index in [0.717, 1.165) is 12.1 Å².